The van der Waals surface area contributed by atoms with Gasteiger partial charge in [0.2, 0.25) is 5.91 Å². The first-order valence-corrected chi connectivity index (χ1v) is 6.97. The van der Waals surface area contributed by atoms with Crippen molar-refractivity contribution >= 4 is 28.0 Å². The molecule has 0 aromatic carbocycles. The van der Waals surface area contributed by atoms with E-state index in [1.165, 1.54) is 0 Å². The number of likely N-dealkylation sites (tertiary alicyclic amines) is 1. The average Bonchev–Trinajstić information content (AvgIpc) is 3.14. The molecule has 0 unspecified atom stereocenters. The van der Waals surface area contributed by atoms with Gasteiger partial charge in [0.1, 0.15) is 17.0 Å². The molecule has 4 rings (SSSR count). The number of fused-ring (bicyclic) bond motifs is 3. The number of imidazole rings is 1. The van der Waals surface area contributed by atoms with Crippen LogP contribution < -0.4 is 0 Å². The zero-order chi connectivity index (χ0) is 14.4. The molecular weight excluding hydrogens is 270 g/mol. The van der Waals surface area contributed by atoms with E-state index >= 15 is 0 Å². The first-order chi connectivity index (χ1) is 10.2. The van der Waals surface area contributed by atoms with E-state index in [0.29, 0.717) is 25.3 Å². The van der Waals surface area contributed by atoms with Gasteiger partial charge in [-0.25, -0.2) is 9.97 Å². The van der Waals surface area contributed by atoms with Crippen molar-refractivity contribution in [1.82, 2.24) is 24.8 Å². The highest BCUT2D eigenvalue weighted by atomic mass is 16.3. The number of amides is 1. The number of β-amino-alcohol motifs (C(OH)–C–C–N with tert-alkyl or cyclic N) is 1. The van der Waals surface area contributed by atoms with Crippen LogP contribution in [0.25, 0.3) is 22.1 Å². The number of H-pyrrole nitrogens is 2. The second-order valence-corrected chi connectivity index (χ2v) is 5.40. The average molecular weight is 285 g/mol. The number of aromatic nitrogens is 4. The van der Waals surface area contributed by atoms with Crippen LogP contribution in [0, 0.1) is 0 Å². The monoisotopic (exact) mass is 285 g/mol. The molecule has 0 aliphatic carbocycles. The Hall–Kier alpha value is -2.41. The Morgan fingerprint density at radius 3 is 3.24 bits per heavy atom. The number of carbonyl (C=O) groups is 1. The third-order valence-electron chi connectivity index (χ3n) is 3.93. The molecule has 3 N–H and O–H groups in total. The quantitative estimate of drug-likeness (QED) is 0.641. The molecule has 0 spiro atoms. The molecule has 4 heterocycles. The lowest BCUT2D eigenvalue weighted by Crippen LogP contribution is -2.31. The first kappa shape index (κ1) is 12.3. The Balaban J connectivity index is 1.63. The van der Waals surface area contributed by atoms with Crippen LogP contribution in [0.3, 0.4) is 0 Å². The summed E-state index contributed by atoms with van der Waals surface area (Å²) < 4.78 is 0. The highest BCUT2D eigenvalue weighted by Crippen LogP contribution is 2.21. The number of aliphatic hydroxyl groups is 1. The number of carbonyl (C=O) groups excluding carboxylic acids is 1. The zero-order valence-corrected chi connectivity index (χ0v) is 11.3. The Morgan fingerprint density at radius 1 is 1.52 bits per heavy atom. The van der Waals surface area contributed by atoms with Crippen LogP contribution >= 0.6 is 0 Å². The summed E-state index contributed by atoms with van der Waals surface area (Å²) in [7, 11) is 0. The topological polar surface area (TPSA) is 97.9 Å². The van der Waals surface area contributed by atoms with E-state index in [1.807, 2.05) is 12.3 Å². The molecule has 3 aromatic heterocycles. The first-order valence-electron chi connectivity index (χ1n) is 6.97. The predicted molar refractivity (Wildman–Crippen MR) is 76.7 cm³/mol. The summed E-state index contributed by atoms with van der Waals surface area (Å²) in [6.07, 6.45) is 3.99. The highest BCUT2D eigenvalue weighted by molar-refractivity contribution is 6.00. The number of rotatable bonds is 2. The van der Waals surface area contributed by atoms with Gasteiger partial charge in [0.15, 0.2) is 0 Å². The van der Waals surface area contributed by atoms with Gasteiger partial charge >= 0.3 is 0 Å². The maximum atomic E-state index is 12.2. The van der Waals surface area contributed by atoms with Crippen molar-refractivity contribution < 1.29 is 9.90 Å². The van der Waals surface area contributed by atoms with Gasteiger partial charge in [-0.15, -0.1) is 0 Å². The van der Waals surface area contributed by atoms with Crippen molar-refractivity contribution in [2.24, 2.45) is 0 Å². The molecule has 7 heteroatoms. The maximum Gasteiger partial charge on any atom is 0.230 e. The van der Waals surface area contributed by atoms with Gasteiger partial charge in [-0.3, -0.25) is 4.79 Å². The molecule has 0 saturated carbocycles. The minimum absolute atomic E-state index is 0.0103. The van der Waals surface area contributed by atoms with Gasteiger partial charge in [0, 0.05) is 24.7 Å². The molecule has 1 fully saturated rings. The van der Waals surface area contributed by atoms with Gasteiger partial charge in [-0.05, 0) is 12.5 Å². The van der Waals surface area contributed by atoms with Crippen molar-refractivity contribution in [3.8, 4) is 0 Å². The molecule has 108 valence electrons. The van der Waals surface area contributed by atoms with E-state index in [2.05, 4.69) is 19.9 Å². The summed E-state index contributed by atoms with van der Waals surface area (Å²) in [5.41, 5.74) is 2.45. The SMILES string of the molecule is O=C(Cc1nc2cnc3[nH]ccc3c2[nH]1)N1CC[C@H](O)C1. The van der Waals surface area contributed by atoms with Crippen LogP contribution in [0.2, 0.25) is 0 Å². The van der Waals surface area contributed by atoms with Crippen molar-refractivity contribution in [3.63, 3.8) is 0 Å². The van der Waals surface area contributed by atoms with E-state index in [0.717, 1.165) is 22.1 Å². The second kappa shape index (κ2) is 4.56. The lowest BCUT2D eigenvalue weighted by molar-refractivity contribution is -0.129. The summed E-state index contributed by atoms with van der Waals surface area (Å²) in [6, 6.07) is 1.94. The lowest BCUT2D eigenvalue weighted by atomic mass is 10.3. The van der Waals surface area contributed by atoms with Crippen LogP contribution in [0.15, 0.2) is 18.5 Å². The van der Waals surface area contributed by atoms with Crippen LogP contribution in [-0.2, 0) is 11.2 Å². The van der Waals surface area contributed by atoms with E-state index < -0.39 is 6.10 Å². The van der Waals surface area contributed by atoms with Crippen LogP contribution in [-0.4, -0.2) is 55.0 Å². The normalized spacial score (nSPS) is 18.9. The molecule has 0 radical (unpaired) electrons. The fraction of sp³-hybridized carbons (Fsp3) is 0.357. The summed E-state index contributed by atoms with van der Waals surface area (Å²) >= 11 is 0. The predicted octanol–water partition coefficient (Wildman–Crippen LogP) is 0.575. The molecule has 1 amide bonds. The Bertz CT molecular complexity index is 821. The minimum Gasteiger partial charge on any atom is -0.391 e. The zero-order valence-electron chi connectivity index (χ0n) is 11.3. The van der Waals surface area contributed by atoms with Crippen molar-refractivity contribution in [2.75, 3.05) is 13.1 Å². The number of nitrogens with zero attached hydrogens (tertiary/aromatic N) is 3. The van der Waals surface area contributed by atoms with Gasteiger partial charge in [-0.1, -0.05) is 0 Å². The van der Waals surface area contributed by atoms with E-state index in [4.69, 9.17) is 0 Å². The van der Waals surface area contributed by atoms with E-state index in [9.17, 15) is 9.90 Å². The fourth-order valence-corrected chi connectivity index (χ4v) is 2.84. The van der Waals surface area contributed by atoms with Crippen LogP contribution in [0.5, 0.6) is 0 Å². The Kier molecular flexibility index (Phi) is 2.68. The number of hydrogen-bond acceptors (Lipinski definition) is 4. The summed E-state index contributed by atoms with van der Waals surface area (Å²) in [5.74, 6) is 0.621. The maximum absolute atomic E-state index is 12.2. The van der Waals surface area contributed by atoms with Crippen molar-refractivity contribution in [1.29, 1.82) is 0 Å². The number of nitrogens with one attached hydrogen (secondary N) is 2. The molecule has 3 aromatic rings. The second-order valence-electron chi connectivity index (χ2n) is 5.40. The molecule has 1 aliphatic rings. The van der Waals surface area contributed by atoms with Crippen LogP contribution in [0.4, 0.5) is 0 Å². The number of hydrogen-bond donors (Lipinski definition) is 3. The minimum atomic E-state index is -0.395. The fourth-order valence-electron chi connectivity index (χ4n) is 2.84. The van der Waals surface area contributed by atoms with Crippen molar-refractivity contribution in [3.05, 3.63) is 24.3 Å². The van der Waals surface area contributed by atoms with Gasteiger partial charge in [0.25, 0.3) is 0 Å². The van der Waals surface area contributed by atoms with Crippen molar-refractivity contribution in [2.45, 2.75) is 18.9 Å². The summed E-state index contributed by atoms with van der Waals surface area (Å²) in [5, 5.41) is 10.5. The van der Waals surface area contributed by atoms with Gasteiger partial charge in [-0.2, -0.15) is 0 Å². The third-order valence-corrected chi connectivity index (χ3v) is 3.93. The standard InChI is InChI=1S/C14H15N5O2/c20-8-2-4-19(7-8)12(21)5-11-17-10-6-16-14-9(1-3-15-14)13(10)18-11/h1,3,6,8,20H,2,4-5,7H2,(H,15,16)(H,17,18)/t8-/m0/s1. The summed E-state index contributed by atoms with van der Waals surface area (Å²) in [6.45, 7) is 1.03. The van der Waals surface area contributed by atoms with E-state index in [1.54, 1.807) is 11.1 Å². The van der Waals surface area contributed by atoms with Crippen LogP contribution in [0.1, 0.15) is 12.2 Å². The third kappa shape index (κ3) is 2.06. The molecule has 1 aliphatic heterocycles. The van der Waals surface area contributed by atoms with Gasteiger partial charge in [0.05, 0.1) is 24.2 Å². The number of aromatic amines is 2. The Morgan fingerprint density at radius 2 is 2.43 bits per heavy atom. The lowest BCUT2D eigenvalue weighted by Gasteiger charge is -2.14. The van der Waals surface area contributed by atoms with Gasteiger partial charge < -0.3 is 20.0 Å². The molecule has 7 nitrogen and oxygen atoms in total. The number of aliphatic hydroxyl groups excluding tert-OH is 1. The largest absolute Gasteiger partial charge is 0.391 e. The molecule has 1 saturated heterocycles. The molecule has 21 heavy (non-hydrogen) atoms. The Labute approximate surface area is 120 Å². The smallest absolute Gasteiger partial charge is 0.230 e. The molecule has 1 atom stereocenters. The number of pyridine rings is 1. The summed E-state index contributed by atoms with van der Waals surface area (Å²) in [4.78, 5) is 28.8. The van der Waals surface area contributed by atoms with E-state index in [-0.39, 0.29) is 12.3 Å². The molecular formula is C14H15N5O2. The highest BCUT2D eigenvalue weighted by Gasteiger charge is 2.25. The molecule has 0 bridgehead atoms.